The van der Waals surface area contributed by atoms with Crippen LogP contribution in [0.4, 0.5) is 0 Å². The van der Waals surface area contributed by atoms with E-state index in [1.54, 1.807) is 18.2 Å². The molecule has 0 aliphatic rings. The predicted octanol–water partition coefficient (Wildman–Crippen LogP) is 3.04. The van der Waals surface area contributed by atoms with Crippen molar-refractivity contribution in [2.24, 2.45) is 5.90 Å². The molecule has 1 rings (SSSR count). The van der Waals surface area contributed by atoms with Gasteiger partial charge in [0, 0.05) is 10.6 Å². The molecule has 0 amide bonds. The molecular weight excluding hydrogens is 249 g/mol. The van der Waals surface area contributed by atoms with Crippen molar-refractivity contribution < 1.29 is 9.57 Å². The molecule has 3 nitrogen and oxygen atoms in total. The summed E-state index contributed by atoms with van der Waals surface area (Å²) in [6, 6.07) is 7.33. The highest BCUT2D eigenvalue weighted by Crippen LogP contribution is 2.19. The lowest BCUT2D eigenvalue weighted by molar-refractivity contribution is -0.00769. The number of ether oxygens (including phenoxy) is 1. The van der Waals surface area contributed by atoms with Crippen molar-refractivity contribution in [3.63, 3.8) is 0 Å². The molecule has 1 atom stereocenters. The van der Waals surface area contributed by atoms with E-state index in [-0.39, 0.29) is 12.7 Å². The molecule has 0 radical (unpaired) electrons. The van der Waals surface area contributed by atoms with E-state index in [4.69, 9.17) is 33.8 Å². The maximum atomic E-state index is 5.79. The minimum atomic E-state index is -0.227. The van der Waals surface area contributed by atoms with Gasteiger partial charge in [-0.25, -0.2) is 5.90 Å². The van der Waals surface area contributed by atoms with Crippen LogP contribution in [0.25, 0.3) is 0 Å². The number of benzene rings is 1. The fraction of sp³-hybridized carbons (Fsp3) is 0.273. The fourth-order valence-electron chi connectivity index (χ4n) is 1.21. The Morgan fingerprint density at radius 1 is 1.31 bits per heavy atom. The molecule has 0 aliphatic heterocycles. The molecule has 0 spiro atoms. The summed E-state index contributed by atoms with van der Waals surface area (Å²) in [6.45, 7) is 0.678. The first-order chi connectivity index (χ1) is 7.77. The van der Waals surface area contributed by atoms with E-state index in [1.165, 1.54) is 5.54 Å². The van der Waals surface area contributed by atoms with E-state index in [2.05, 4.69) is 4.84 Å². The normalized spacial score (nSPS) is 13.2. The molecule has 0 saturated carbocycles. The Morgan fingerprint density at radius 2 is 2.00 bits per heavy atom. The Bertz CT molecular complexity index is 327. The topological polar surface area (TPSA) is 44.5 Å². The van der Waals surface area contributed by atoms with Gasteiger partial charge in [0.1, 0.15) is 6.10 Å². The standard InChI is InChI=1S/C11H13Cl2NO2/c12-6-1-7-15-11(8-16-14)9-2-4-10(13)5-3-9/h1-6,11H,7-8,14H2. The van der Waals surface area contributed by atoms with Crippen molar-refractivity contribution in [3.8, 4) is 0 Å². The first kappa shape index (κ1) is 13.5. The third kappa shape index (κ3) is 4.51. The number of hydrogen-bond acceptors (Lipinski definition) is 3. The SMILES string of the molecule is NOCC(OCC=CCl)c1ccc(Cl)cc1. The van der Waals surface area contributed by atoms with Crippen LogP contribution < -0.4 is 5.90 Å². The van der Waals surface area contributed by atoms with Crippen molar-refractivity contribution >= 4 is 23.2 Å². The van der Waals surface area contributed by atoms with E-state index >= 15 is 0 Å². The molecule has 5 heteroatoms. The van der Waals surface area contributed by atoms with Gasteiger partial charge in [-0.2, -0.15) is 0 Å². The first-order valence-electron chi connectivity index (χ1n) is 4.72. The number of rotatable bonds is 6. The molecule has 1 unspecified atom stereocenters. The van der Waals surface area contributed by atoms with E-state index in [0.29, 0.717) is 11.6 Å². The Labute approximate surface area is 105 Å². The molecule has 0 bridgehead atoms. The van der Waals surface area contributed by atoms with Crippen LogP contribution in [0.3, 0.4) is 0 Å². The Balaban J connectivity index is 2.64. The van der Waals surface area contributed by atoms with Crippen LogP contribution in [0.1, 0.15) is 11.7 Å². The second-order valence-electron chi connectivity index (χ2n) is 3.07. The lowest BCUT2D eigenvalue weighted by Crippen LogP contribution is -2.14. The van der Waals surface area contributed by atoms with Gasteiger partial charge in [0.25, 0.3) is 0 Å². The highest BCUT2D eigenvalue weighted by molar-refractivity contribution is 6.30. The van der Waals surface area contributed by atoms with Crippen molar-refractivity contribution in [1.82, 2.24) is 0 Å². The van der Waals surface area contributed by atoms with Gasteiger partial charge in [0.15, 0.2) is 0 Å². The lowest BCUT2D eigenvalue weighted by atomic mass is 10.1. The largest absolute Gasteiger partial charge is 0.367 e. The minimum absolute atomic E-state index is 0.227. The second-order valence-corrected chi connectivity index (χ2v) is 3.76. The van der Waals surface area contributed by atoms with E-state index < -0.39 is 0 Å². The van der Waals surface area contributed by atoms with E-state index in [0.717, 1.165) is 5.56 Å². The van der Waals surface area contributed by atoms with Gasteiger partial charge < -0.3 is 9.57 Å². The molecule has 0 aliphatic carbocycles. The molecule has 2 N–H and O–H groups in total. The number of halogens is 2. The van der Waals surface area contributed by atoms with Gasteiger partial charge in [-0.05, 0) is 23.8 Å². The predicted molar refractivity (Wildman–Crippen MR) is 65.3 cm³/mol. The molecule has 0 fully saturated rings. The smallest absolute Gasteiger partial charge is 0.108 e. The third-order valence-electron chi connectivity index (χ3n) is 1.97. The van der Waals surface area contributed by atoms with Gasteiger partial charge >= 0.3 is 0 Å². The monoisotopic (exact) mass is 261 g/mol. The zero-order valence-electron chi connectivity index (χ0n) is 8.61. The summed E-state index contributed by atoms with van der Waals surface area (Å²) < 4.78 is 5.53. The average Bonchev–Trinajstić information content (AvgIpc) is 2.29. The lowest BCUT2D eigenvalue weighted by Gasteiger charge is -2.16. The van der Waals surface area contributed by atoms with Crippen molar-refractivity contribution in [3.05, 3.63) is 46.5 Å². The van der Waals surface area contributed by atoms with Crippen molar-refractivity contribution in [2.45, 2.75) is 6.10 Å². The molecule has 0 heterocycles. The summed E-state index contributed by atoms with van der Waals surface area (Å²) in [5.41, 5.74) is 2.36. The Morgan fingerprint density at radius 3 is 2.56 bits per heavy atom. The van der Waals surface area contributed by atoms with Crippen LogP contribution in [-0.4, -0.2) is 13.2 Å². The summed E-state index contributed by atoms with van der Waals surface area (Å²) in [7, 11) is 0. The van der Waals surface area contributed by atoms with Gasteiger partial charge in [-0.3, -0.25) is 0 Å². The third-order valence-corrected chi connectivity index (χ3v) is 2.40. The van der Waals surface area contributed by atoms with Crippen LogP contribution in [0.2, 0.25) is 5.02 Å². The zero-order chi connectivity index (χ0) is 11.8. The Hall–Kier alpha value is -0.580. The van der Waals surface area contributed by atoms with Crippen molar-refractivity contribution in [1.29, 1.82) is 0 Å². The Kier molecular flexibility index (Phi) is 6.45. The van der Waals surface area contributed by atoms with Crippen LogP contribution >= 0.6 is 23.2 Å². The molecule has 16 heavy (non-hydrogen) atoms. The molecule has 88 valence electrons. The highest BCUT2D eigenvalue weighted by Gasteiger charge is 2.11. The average molecular weight is 262 g/mol. The molecule has 1 aromatic carbocycles. The maximum absolute atomic E-state index is 5.79. The second kappa shape index (κ2) is 7.65. The van der Waals surface area contributed by atoms with Crippen LogP contribution in [-0.2, 0) is 9.57 Å². The van der Waals surface area contributed by atoms with E-state index in [1.807, 2.05) is 12.1 Å². The molecule has 0 saturated heterocycles. The van der Waals surface area contributed by atoms with Crippen LogP contribution in [0.15, 0.2) is 35.9 Å². The maximum Gasteiger partial charge on any atom is 0.108 e. The van der Waals surface area contributed by atoms with Crippen LogP contribution in [0, 0.1) is 0 Å². The van der Waals surface area contributed by atoms with Crippen molar-refractivity contribution in [2.75, 3.05) is 13.2 Å². The fourth-order valence-corrected chi connectivity index (χ4v) is 1.41. The quantitative estimate of drug-likeness (QED) is 0.801. The summed E-state index contributed by atoms with van der Waals surface area (Å²) in [6.07, 6.45) is 1.47. The summed E-state index contributed by atoms with van der Waals surface area (Å²) in [5, 5.41) is 0.678. The molecular formula is C11H13Cl2NO2. The summed E-state index contributed by atoms with van der Waals surface area (Å²) in [5.74, 6) is 5.05. The molecule has 1 aromatic rings. The highest BCUT2D eigenvalue weighted by atomic mass is 35.5. The zero-order valence-corrected chi connectivity index (χ0v) is 10.1. The minimum Gasteiger partial charge on any atom is -0.367 e. The van der Waals surface area contributed by atoms with Gasteiger partial charge in [-0.1, -0.05) is 35.3 Å². The van der Waals surface area contributed by atoms with Gasteiger partial charge in [0.2, 0.25) is 0 Å². The van der Waals surface area contributed by atoms with E-state index in [9.17, 15) is 0 Å². The summed E-state index contributed by atoms with van der Waals surface area (Å²) in [4.78, 5) is 4.60. The van der Waals surface area contributed by atoms with Gasteiger partial charge in [-0.15, -0.1) is 0 Å². The summed E-state index contributed by atoms with van der Waals surface area (Å²) >= 11 is 11.2. The number of nitrogens with two attached hydrogens (primary N) is 1. The van der Waals surface area contributed by atoms with Crippen LogP contribution in [0.5, 0.6) is 0 Å². The number of hydrogen-bond donors (Lipinski definition) is 1. The first-order valence-corrected chi connectivity index (χ1v) is 5.53. The molecule has 0 aromatic heterocycles. The van der Waals surface area contributed by atoms with Gasteiger partial charge in [0.05, 0.1) is 13.2 Å².